The van der Waals surface area contributed by atoms with E-state index in [1.807, 2.05) is 25.1 Å². The first kappa shape index (κ1) is 18.7. The fourth-order valence-electron chi connectivity index (χ4n) is 3.07. The third-order valence-electron chi connectivity index (χ3n) is 4.57. The molecule has 0 amide bonds. The summed E-state index contributed by atoms with van der Waals surface area (Å²) >= 11 is 0. The molecule has 2 aromatic rings. The second-order valence-electron chi connectivity index (χ2n) is 6.91. The summed E-state index contributed by atoms with van der Waals surface area (Å²) in [7, 11) is -3.23. The summed E-state index contributed by atoms with van der Waals surface area (Å²) in [5.41, 5.74) is 1.75. The van der Waals surface area contributed by atoms with Crippen molar-refractivity contribution in [1.82, 2.24) is 19.3 Å². The number of aryl methyl sites for hydroxylation is 1. The van der Waals surface area contributed by atoms with Crippen molar-refractivity contribution in [2.45, 2.75) is 44.8 Å². The number of piperidine rings is 1. The standard InChI is InChI=1S/C18H25N5O2S/c1-13(2)26(24,25)23-9-5-7-15(12-23)16-10-20-18(11-19-16)22-17-8-4-6-14(3)21-17/h4,6,8,10-11,13,15H,5,7,9,12H2,1-3H3,(H,20,21,22)/t15-/m0/s1. The van der Waals surface area contributed by atoms with Gasteiger partial charge in [-0.2, -0.15) is 0 Å². The molecule has 26 heavy (non-hydrogen) atoms. The van der Waals surface area contributed by atoms with Gasteiger partial charge in [0.25, 0.3) is 0 Å². The van der Waals surface area contributed by atoms with Crippen LogP contribution in [0.1, 0.15) is 44.0 Å². The van der Waals surface area contributed by atoms with E-state index in [4.69, 9.17) is 0 Å². The molecular formula is C18H25N5O2S. The first-order chi connectivity index (χ1) is 12.4. The van der Waals surface area contributed by atoms with Gasteiger partial charge in [-0.15, -0.1) is 0 Å². The highest BCUT2D eigenvalue weighted by molar-refractivity contribution is 7.89. The Balaban J connectivity index is 1.70. The zero-order valence-electron chi connectivity index (χ0n) is 15.4. The summed E-state index contributed by atoms with van der Waals surface area (Å²) in [6.45, 7) is 6.43. The van der Waals surface area contributed by atoms with E-state index in [1.165, 1.54) is 0 Å². The van der Waals surface area contributed by atoms with E-state index in [0.717, 1.165) is 30.0 Å². The molecule has 3 rings (SSSR count). The predicted molar refractivity (Wildman–Crippen MR) is 102 cm³/mol. The van der Waals surface area contributed by atoms with Gasteiger partial charge in [-0.1, -0.05) is 6.07 Å². The highest BCUT2D eigenvalue weighted by atomic mass is 32.2. The van der Waals surface area contributed by atoms with Gasteiger partial charge in [0.2, 0.25) is 10.0 Å². The fraction of sp³-hybridized carbons (Fsp3) is 0.500. The first-order valence-electron chi connectivity index (χ1n) is 8.88. The Morgan fingerprint density at radius 3 is 2.65 bits per heavy atom. The predicted octanol–water partition coefficient (Wildman–Crippen LogP) is 2.84. The fourth-order valence-corrected chi connectivity index (χ4v) is 4.44. The second kappa shape index (κ2) is 7.67. The second-order valence-corrected chi connectivity index (χ2v) is 9.40. The van der Waals surface area contributed by atoms with Gasteiger partial charge < -0.3 is 5.32 Å². The van der Waals surface area contributed by atoms with Crippen LogP contribution in [0.25, 0.3) is 0 Å². The van der Waals surface area contributed by atoms with Crippen LogP contribution in [0.3, 0.4) is 0 Å². The van der Waals surface area contributed by atoms with E-state index in [2.05, 4.69) is 20.3 Å². The molecule has 0 unspecified atom stereocenters. The van der Waals surface area contributed by atoms with Crippen LogP contribution in [0.4, 0.5) is 11.6 Å². The number of hydrogen-bond donors (Lipinski definition) is 1. The molecule has 8 heteroatoms. The van der Waals surface area contributed by atoms with E-state index in [0.29, 0.717) is 18.9 Å². The lowest BCUT2D eigenvalue weighted by molar-refractivity contribution is 0.310. The highest BCUT2D eigenvalue weighted by Gasteiger charge is 2.32. The molecule has 0 radical (unpaired) electrons. The minimum Gasteiger partial charge on any atom is -0.324 e. The zero-order chi connectivity index (χ0) is 18.7. The largest absolute Gasteiger partial charge is 0.324 e. The molecule has 0 aliphatic carbocycles. The summed E-state index contributed by atoms with van der Waals surface area (Å²) in [6.07, 6.45) is 5.17. The molecule has 1 aliphatic heterocycles. The minimum absolute atomic E-state index is 0.0796. The normalized spacial score (nSPS) is 18.8. The molecule has 0 bridgehead atoms. The molecule has 1 aliphatic rings. The van der Waals surface area contributed by atoms with Crippen LogP contribution in [0.5, 0.6) is 0 Å². The summed E-state index contributed by atoms with van der Waals surface area (Å²) in [5.74, 6) is 1.42. The molecule has 1 N–H and O–H groups in total. The molecule has 0 saturated carbocycles. The van der Waals surface area contributed by atoms with Gasteiger partial charge in [0.05, 0.1) is 23.3 Å². The Morgan fingerprint density at radius 1 is 1.19 bits per heavy atom. The van der Waals surface area contributed by atoms with Crippen LogP contribution >= 0.6 is 0 Å². The van der Waals surface area contributed by atoms with Gasteiger partial charge >= 0.3 is 0 Å². The Hall–Kier alpha value is -2.06. The van der Waals surface area contributed by atoms with Crippen molar-refractivity contribution in [3.63, 3.8) is 0 Å². The lowest BCUT2D eigenvalue weighted by atomic mass is 9.96. The van der Waals surface area contributed by atoms with Gasteiger partial charge in [-0.25, -0.2) is 22.7 Å². The molecule has 1 fully saturated rings. The smallest absolute Gasteiger partial charge is 0.216 e. The van der Waals surface area contributed by atoms with Crippen molar-refractivity contribution in [1.29, 1.82) is 0 Å². The quantitative estimate of drug-likeness (QED) is 0.864. The maximum Gasteiger partial charge on any atom is 0.216 e. The molecule has 0 aromatic carbocycles. The van der Waals surface area contributed by atoms with E-state index in [-0.39, 0.29) is 5.92 Å². The number of hydrogen-bond acceptors (Lipinski definition) is 6. The number of pyridine rings is 1. The van der Waals surface area contributed by atoms with Crippen LogP contribution in [0, 0.1) is 6.92 Å². The molecule has 0 spiro atoms. The maximum absolute atomic E-state index is 12.4. The molecule has 1 saturated heterocycles. The lowest BCUT2D eigenvalue weighted by Gasteiger charge is -2.32. The van der Waals surface area contributed by atoms with Crippen molar-refractivity contribution < 1.29 is 8.42 Å². The zero-order valence-corrected chi connectivity index (χ0v) is 16.2. The SMILES string of the molecule is Cc1cccc(Nc2cnc([C@H]3CCCN(S(=O)(=O)C(C)C)C3)cn2)n1. The summed E-state index contributed by atoms with van der Waals surface area (Å²) in [5, 5.41) is 2.73. The average molecular weight is 375 g/mol. The molecular weight excluding hydrogens is 350 g/mol. The summed E-state index contributed by atoms with van der Waals surface area (Å²) < 4.78 is 26.4. The van der Waals surface area contributed by atoms with Crippen LogP contribution in [-0.2, 0) is 10.0 Å². The number of nitrogens with zero attached hydrogens (tertiary/aromatic N) is 4. The highest BCUT2D eigenvalue weighted by Crippen LogP contribution is 2.28. The topological polar surface area (TPSA) is 88.1 Å². The number of aromatic nitrogens is 3. The van der Waals surface area contributed by atoms with E-state index in [9.17, 15) is 8.42 Å². The van der Waals surface area contributed by atoms with E-state index < -0.39 is 15.3 Å². The van der Waals surface area contributed by atoms with Crippen LogP contribution in [0.15, 0.2) is 30.6 Å². The van der Waals surface area contributed by atoms with Crippen LogP contribution in [0.2, 0.25) is 0 Å². The summed E-state index contributed by atoms with van der Waals surface area (Å²) in [4.78, 5) is 13.3. The minimum atomic E-state index is -3.23. The van der Waals surface area contributed by atoms with Crippen molar-refractivity contribution >= 4 is 21.7 Å². The third-order valence-corrected chi connectivity index (χ3v) is 6.82. The molecule has 1 atom stereocenters. The van der Waals surface area contributed by atoms with Crippen molar-refractivity contribution in [3.8, 4) is 0 Å². The third kappa shape index (κ3) is 4.19. The van der Waals surface area contributed by atoms with E-state index in [1.54, 1.807) is 30.5 Å². The van der Waals surface area contributed by atoms with Gasteiger partial charge in [0.15, 0.2) is 0 Å². The van der Waals surface area contributed by atoms with E-state index >= 15 is 0 Å². The Labute approximate surface area is 154 Å². The van der Waals surface area contributed by atoms with Crippen LogP contribution in [-0.4, -0.2) is 46.0 Å². The molecule has 140 valence electrons. The van der Waals surface area contributed by atoms with Crippen molar-refractivity contribution in [2.24, 2.45) is 0 Å². The maximum atomic E-state index is 12.4. The molecule has 2 aromatic heterocycles. The lowest BCUT2D eigenvalue weighted by Crippen LogP contribution is -2.42. The number of sulfonamides is 1. The Bertz CT molecular complexity index is 852. The monoisotopic (exact) mass is 375 g/mol. The Kier molecular flexibility index (Phi) is 5.52. The van der Waals surface area contributed by atoms with Crippen LogP contribution < -0.4 is 5.32 Å². The number of nitrogens with one attached hydrogen (secondary N) is 1. The number of anilines is 2. The molecule has 7 nitrogen and oxygen atoms in total. The average Bonchev–Trinajstić information content (AvgIpc) is 2.62. The molecule has 3 heterocycles. The number of rotatable bonds is 5. The van der Waals surface area contributed by atoms with Gasteiger partial charge in [-0.05, 0) is 45.7 Å². The van der Waals surface area contributed by atoms with Gasteiger partial charge in [0.1, 0.15) is 11.6 Å². The van der Waals surface area contributed by atoms with Gasteiger partial charge in [-0.3, -0.25) is 4.98 Å². The van der Waals surface area contributed by atoms with Crippen molar-refractivity contribution in [2.75, 3.05) is 18.4 Å². The first-order valence-corrected chi connectivity index (χ1v) is 10.4. The Morgan fingerprint density at radius 2 is 2.00 bits per heavy atom. The van der Waals surface area contributed by atoms with Gasteiger partial charge in [0, 0.05) is 24.7 Å². The van der Waals surface area contributed by atoms with Crippen molar-refractivity contribution in [3.05, 3.63) is 42.0 Å². The summed E-state index contributed by atoms with van der Waals surface area (Å²) in [6, 6.07) is 5.73.